The number of amides is 2. The summed E-state index contributed by atoms with van der Waals surface area (Å²) in [4.78, 5) is 23.0. The summed E-state index contributed by atoms with van der Waals surface area (Å²) in [7, 11) is 1.57. The molecule has 0 aliphatic rings. The molecule has 5 nitrogen and oxygen atoms in total. The van der Waals surface area contributed by atoms with Crippen LogP contribution in [0, 0.1) is 0 Å². The van der Waals surface area contributed by atoms with Gasteiger partial charge in [0.2, 0.25) is 11.8 Å². The lowest BCUT2D eigenvalue weighted by molar-refractivity contribution is -0.125. The molecule has 0 bridgehead atoms. The average Bonchev–Trinajstić information content (AvgIpc) is 2.36. The third kappa shape index (κ3) is 9.30. The largest absolute Gasteiger partial charge is 0.383 e. The zero-order valence-electron chi connectivity index (χ0n) is 11.5. The Bertz CT molecular complexity index is 249. The van der Waals surface area contributed by atoms with Crippen LogP contribution in [0.1, 0.15) is 26.7 Å². The van der Waals surface area contributed by atoms with E-state index in [1.807, 2.05) is 6.92 Å². The number of carbonyl (C=O) groups is 2. The molecule has 0 fully saturated rings. The molecule has 0 rings (SSSR count). The summed E-state index contributed by atoms with van der Waals surface area (Å²) in [6.07, 6.45) is 2.24. The fourth-order valence-corrected chi connectivity index (χ4v) is 2.19. The van der Waals surface area contributed by atoms with Crippen LogP contribution in [0.4, 0.5) is 0 Å². The summed E-state index contributed by atoms with van der Waals surface area (Å²) in [5.41, 5.74) is 0. The molecular formula is C12H24N2O3S. The minimum Gasteiger partial charge on any atom is -0.383 e. The third-order valence-electron chi connectivity index (χ3n) is 2.29. The minimum atomic E-state index is -0.189. The Labute approximate surface area is 113 Å². The van der Waals surface area contributed by atoms with E-state index in [1.165, 1.54) is 0 Å². The second kappa shape index (κ2) is 11.3. The molecule has 0 aliphatic carbocycles. The van der Waals surface area contributed by atoms with E-state index in [1.54, 1.807) is 18.9 Å². The van der Waals surface area contributed by atoms with Gasteiger partial charge in [-0.25, -0.2) is 0 Å². The maximum absolute atomic E-state index is 11.6. The average molecular weight is 276 g/mol. The van der Waals surface area contributed by atoms with Crippen molar-refractivity contribution in [1.82, 2.24) is 10.6 Å². The van der Waals surface area contributed by atoms with E-state index in [0.717, 1.165) is 18.6 Å². The maximum atomic E-state index is 11.6. The first-order valence-electron chi connectivity index (χ1n) is 6.26. The van der Waals surface area contributed by atoms with Gasteiger partial charge in [-0.1, -0.05) is 13.3 Å². The van der Waals surface area contributed by atoms with Crippen molar-refractivity contribution in [3.63, 3.8) is 0 Å². The van der Waals surface area contributed by atoms with E-state index < -0.39 is 0 Å². The van der Waals surface area contributed by atoms with Crippen LogP contribution in [-0.2, 0) is 14.3 Å². The predicted molar refractivity (Wildman–Crippen MR) is 74.7 cm³/mol. The number of unbranched alkanes of at least 4 members (excludes halogenated alkanes) is 1. The van der Waals surface area contributed by atoms with Gasteiger partial charge >= 0.3 is 0 Å². The highest BCUT2D eigenvalue weighted by atomic mass is 32.2. The molecule has 0 aromatic carbocycles. The molecule has 1 atom stereocenters. The van der Waals surface area contributed by atoms with Gasteiger partial charge in [-0.15, -0.1) is 11.8 Å². The molecule has 1 unspecified atom stereocenters. The summed E-state index contributed by atoms with van der Waals surface area (Å²) < 4.78 is 4.81. The topological polar surface area (TPSA) is 67.4 Å². The van der Waals surface area contributed by atoms with Crippen molar-refractivity contribution in [1.29, 1.82) is 0 Å². The minimum absolute atomic E-state index is 0.0290. The molecule has 0 radical (unpaired) electrons. The van der Waals surface area contributed by atoms with Gasteiger partial charge < -0.3 is 15.4 Å². The Morgan fingerprint density at radius 3 is 2.67 bits per heavy atom. The first kappa shape index (κ1) is 17.2. The Hall–Kier alpha value is -0.750. The predicted octanol–water partition coefficient (Wildman–Crippen LogP) is 0.787. The summed E-state index contributed by atoms with van der Waals surface area (Å²) in [6.45, 7) is 4.95. The highest BCUT2D eigenvalue weighted by Crippen LogP contribution is 2.12. The molecule has 0 aromatic rings. The van der Waals surface area contributed by atoms with Crippen LogP contribution in [0.25, 0.3) is 0 Å². The lowest BCUT2D eigenvalue weighted by Crippen LogP contribution is -2.40. The number of methoxy groups -OCH3 is 1. The van der Waals surface area contributed by atoms with Crippen LogP contribution < -0.4 is 10.6 Å². The summed E-state index contributed by atoms with van der Waals surface area (Å²) in [5.74, 6) is 0.703. The van der Waals surface area contributed by atoms with Gasteiger partial charge in [0.05, 0.1) is 18.4 Å². The van der Waals surface area contributed by atoms with Gasteiger partial charge in [0.25, 0.3) is 0 Å². The Morgan fingerprint density at radius 1 is 1.33 bits per heavy atom. The lowest BCUT2D eigenvalue weighted by atomic mass is 10.4. The van der Waals surface area contributed by atoms with Gasteiger partial charge in [-0.2, -0.15) is 0 Å². The highest BCUT2D eigenvalue weighted by Gasteiger charge is 2.13. The third-order valence-corrected chi connectivity index (χ3v) is 3.52. The molecular weight excluding hydrogens is 252 g/mol. The van der Waals surface area contributed by atoms with Crippen LogP contribution in [0.5, 0.6) is 0 Å². The molecule has 2 N–H and O–H groups in total. The molecule has 0 saturated heterocycles. The van der Waals surface area contributed by atoms with Crippen molar-refractivity contribution in [2.75, 3.05) is 32.6 Å². The fraction of sp³-hybridized carbons (Fsp3) is 0.833. The smallest absolute Gasteiger partial charge is 0.239 e. The van der Waals surface area contributed by atoms with Crippen molar-refractivity contribution >= 4 is 23.6 Å². The van der Waals surface area contributed by atoms with E-state index in [-0.39, 0.29) is 23.6 Å². The van der Waals surface area contributed by atoms with E-state index in [9.17, 15) is 9.59 Å². The number of hydrogen-bond acceptors (Lipinski definition) is 4. The first-order chi connectivity index (χ1) is 8.61. The molecule has 0 aromatic heterocycles. The van der Waals surface area contributed by atoms with E-state index in [2.05, 4.69) is 17.6 Å². The monoisotopic (exact) mass is 276 g/mol. The molecule has 0 saturated carbocycles. The second-order valence-electron chi connectivity index (χ2n) is 3.93. The first-order valence-corrected chi connectivity index (χ1v) is 7.31. The van der Waals surface area contributed by atoms with Crippen molar-refractivity contribution in [3.8, 4) is 0 Å². The van der Waals surface area contributed by atoms with E-state index in [4.69, 9.17) is 4.74 Å². The second-order valence-corrected chi connectivity index (χ2v) is 5.38. The maximum Gasteiger partial charge on any atom is 0.239 e. The standard InChI is InChI=1S/C12H24N2O3S/c1-4-5-8-18-10(2)12(16)14-9-11(15)13-6-7-17-3/h10H,4-9H2,1-3H3,(H,13,15)(H,14,16). The lowest BCUT2D eigenvalue weighted by Gasteiger charge is -2.11. The van der Waals surface area contributed by atoms with Crippen molar-refractivity contribution in [2.45, 2.75) is 31.9 Å². The molecule has 2 amide bonds. The molecule has 0 heterocycles. The SMILES string of the molecule is CCCCSC(C)C(=O)NCC(=O)NCCOC. The fourth-order valence-electron chi connectivity index (χ4n) is 1.15. The number of nitrogens with one attached hydrogen (secondary N) is 2. The van der Waals surface area contributed by atoms with Gasteiger partial charge in [-0.05, 0) is 19.1 Å². The van der Waals surface area contributed by atoms with Crippen molar-refractivity contribution in [3.05, 3.63) is 0 Å². The summed E-state index contributed by atoms with van der Waals surface area (Å²) >= 11 is 1.62. The van der Waals surface area contributed by atoms with E-state index in [0.29, 0.717) is 13.2 Å². The number of rotatable bonds is 10. The van der Waals surface area contributed by atoms with Crippen LogP contribution in [0.15, 0.2) is 0 Å². The van der Waals surface area contributed by atoms with Crippen LogP contribution in [0.2, 0.25) is 0 Å². The highest BCUT2D eigenvalue weighted by molar-refractivity contribution is 8.00. The van der Waals surface area contributed by atoms with Gasteiger partial charge in [-0.3, -0.25) is 9.59 Å². The zero-order chi connectivity index (χ0) is 13.8. The molecule has 18 heavy (non-hydrogen) atoms. The Morgan fingerprint density at radius 2 is 2.06 bits per heavy atom. The van der Waals surface area contributed by atoms with Crippen molar-refractivity contribution < 1.29 is 14.3 Å². The van der Waals surface area contributed by atoms with Gasteiger partial charge in [0.15, 0.2) is 0 Å². The molecule has 0 aliphatic heterocycles. The number of carbonyl (C=O) groups excluding carboxylic acids is 2. The van der Waals surface area contributed by atoms with Gasteiger partial charge in [0, 0.05) is 13.7 Å². The van der Waals surface area contributed by atoms with Crippen LogP contribution in [0.3, 0.4) is 0 Å². The zero-order valence-corrected chi connectivity index (χ0v) is 12.3. The Balaban J connectivity index is 3.64. The normalized spacial score (nSPS) is 11.9. The van der Waals surface area contributed by atoms with E-state index >= 15 is 0 Å². The molecule has 0 spiro atoms. The van der Waals surface area contributed by atoms with Gasteiger partial charge in [0.1, 0.15) is 0 Å². The Kier molecular flexibility index (Phi) is 10.9. The number of hydrogen-bond donors (Lipinski definition) is 2. The quantitative estimate of drug-likeness (QED) is 0.579. The van der Waals surface area contributed by atoms with Crippen LogP contribution in [-0.4, -0.2) is 49.6 Å². The van der Waals surface area contributed by atoms with Crippen LogP contribution >= 0.6 is 11.8 Å². The van der Waals surface area contributed by atoms with Crippen molar-refractivity contribution in [2.24, 2.45) is 0 Å². The molecule has 6 heteroatoms. The summed E-state index contributed by atoms with van der Waals surface area (Å²) in [6, 6.07) is 0. The number of ether oxygens (including phenoxy) is 1. The molecule has 106 valence electrons. The summed E-state index contributed by atoms with van der Waals surface area (Å²) in [5, 5.41) is 5.16. The number of thioether (sulfide) groups is 1.